The minimum atomic E-state index is -1.05. The van der Waals surface area contributed by atoms with Gasteiger partial charge < -0.3 is 4.74 Å². The molecule has 7 heteroatoms. The van der Waals surface area contributed by atoms with Crippen LogP contribution in [-0.2, 0) is 6.61 Å². The van der Waals surface area contributed by atoms with Gasteiger partial charge in [0.25, 0.3) is 5.69 Å². The third kappa shape index (κ3) is 3.19. The highest BCUT2D eigenvalue weighted by Gasteiger charge is 2.16. The van der Waals surface area contributed by atoms with Gasteiger partial charge in [-0.05, 0) is 18.2 Å². The molecule has 0 N–H and O–H groups in total. The molecule has 108 valence electrons. The molecule has 0 amide bonds. The predicted molar refractivity (Wildman–Crippen MR) is 69.2 cm³/mol. The van der Waals surface area contributed by atoms with Crippen LogP contribution in [0.1, 0.15) is 15.9 Å². The largest absolute Gasteiger partial charge is 0.483 e. The van der Waals surface area contributed by atoms with Gasteiger partial charge in [-0.15, -0.1) is 0 Å². The van der Waals surface area contributed by atoms with Gasteiger partial charge in [0.15, 0.2) is 17.4 Å². The summed E-state index contributed by atoms with van der Waals surface area (Å²) in [6.45, 7) is -0.370. The number of benzene rings is 2. The van der Waals surface area contributed by atoms with Crippen molar-refractivity contribution in [1.82, 2.24) is 0 Å². The Kier molecular flexibility index (Phi) is 4.22. The van der Waals surface area contributed by atoms with Gasteiger partial charge in [-0.1, -0.05) is 12.1 Å². The molecule has 5 nitrogen and oxygen atoms in total. The number of aldehydes is 1. The summed E-state index contributed by atoms with van der Waals surface area (Å²) in [5, 5.41) is 10.8. The average molecular weight is 293 g/mol. The number of carbonyl (C=O) groups is 1. The van der Waals surface area contributed by atoms with E-state index in [1.165, 1.54) is 18.2 Å². The Hall–Kier alpha value is -2.83. The van der Waals surface area contributed by atoms with Crippen molar-refractivity contribution in [3.63, 3.8) is 0 Å². The molecule has 0 fully saturated rings. The van der Waals surface area contributed by atoms with Crippen LogP contribution in [-0.4, -0.2) is 11.2 Å². The molecular formula is C14H9F2NO4. The molecule has 0 aliphatic rings. The monoisotopic (exact) mass is 293 g/mol. The number of nitrogens with zero attached hydrogens (tertiary/aromatic N) is 1. The van der Waals surface area contributed by atoms with Crippen LogP contribution in [0.15, 0.2) is 36.4 Å². The fourth-order valence-corrected chi connectivity index (χ4v) is 1.75. The van der Waals surface area contributed by atoms with E-state index in [2.05, 4.69) is 0 Å². The van der Waals surface area contributed by atoms with Gasteiger partial charge in [0, 0.05) is 11.6 Å². The highest BCUT2D eigenvalue weighted by atomic mass is 19.1. The number of rotatable bonds is 5. The molecule has 2 aromatic carbocycles. The van der Waals surface area contributed by atoms with Crippen molar-refractivity contribution >= 4 is 12.0 Å². The molecular weight excluding hydrogens is 284 g/mol. The van der Waals surface area contributed by atoms with Crippen LogP contribution < -0.4 is 4.74 Å². The molecule has 0 saturated carbocycles. The SMILES string of the molecule is O=Cc1cc(F)c(OCc2ccccc2[N+](=O)[O-])c(F)c1. The summed E-state index contributed by atoms with van der Waals surface area (Å²) in [7, 11) is 0. The molecule has 2 rings (SSSR count). The van der Waals surface area contributed by atoms with Gasteiger partial charge in [-0.25, -0.2) is 8.78 Å². The summed E-state index contributed by atoms with van der Waals surface area (Å²) < 4.78 is 32.2. The molecule has 2 aromatic rings. The second-order valence-electron chi connectivity index (χ2n) is 4.11. The van der Waals surface area contributed by atoms with Crippen LogP contribution in [0, 0.1) is 21.7 Å². The summed E-state index contributed by atoms with van der Waals surface area (Å²) in [6, 6.07) is 7.36. The van der Waals surface area contributed by atoms with Crippen molar-refractivity contribution in [2.45, 2.75) is 6.61 Å². The minimum absolute atomic E-state index is 0.164. The zero-order valence-corrected chi connectivity index (χ0v) is 10.6. The number of nitro groups is 1. The van der Waals surface area contributed by atoms with Gasteiger partial charge in [0.1, 0.15) is 12.9 Å². The van der Waals surface area contributed by atoms with E-state index >= 15 is 0 Å². The van der Waals surface area contributed by atoms with Gasteiger partial charge in [-0.3, -0.25) is 14.9 Å². The van der Waals surface area contributed by atoms with E-state index in [9.17, 15) is 23.7 Å². The number of hydrogen-bond donors (Lipinski definition) is 0. The normalized spacial score (nSPS) is 10.2. The molecule has 21 heavy (non-hydrogen) atoms. The summed E-state index contributed by atoms with van der Waals surface area (Å²) in [5.74, 6) is -2.77. The van der Waals surface area contributed by atoms with Crippen molar-refractivity contribution in [3.8, 4) is 5.75 Å². The lowest BCUT2D eigenvalue weighted by Crippen LogP contribution is -2.03. The van der Waals surface area contributed by atoms with Crippen LogP contribution in [0.4, 0.5) is 14.5 Å². The topological polar surface area (TPSA) is 69.4 Å². The highest BCUT2D eigenvalue weighted by molar-refractivity contribution is 5.75. The maximum atomic E-state index is 13.6. The van der Waals surface area contributed by atoms with Crippen molar-refractivity contribution in [2.75, 3.05) is 0 Å². The summed E-state index contributed by atoms with van der Waals surface area (Å²) >= 11 is 0. The van der Waals surface area contributed by atoms with Gasteiger partial charge in [0.05, 0.1) is 10.5 Å². The Bertz CT molecular complexity index is 680. The Morgan fingerprint density at radius 1 is 1.19 bits per heavy atom. The number of nitro benzene ring substituents is 1. The quantitative estimate of drug-likeness (QED) is 0.482. The van der Waals surface area contributed by atoms with Crippen LogP contribution in [0.2, 0.25) is 0 Å². The third-order valence-corrected chi connectivity index (χ3v) is 2.72. The van der Waals surface area contributed by atoms with E-state index in [-0.39, 0.29) is 23.4 Å². The Labute approximate surface area is 117 Å². The molecule has 0 saturated heterocycles. The molecule has 0 aromatic heterocycles. The molecule has 0 aliphatic carbocycles. The van der Waals surface area contributed by atoms with Gasteiger partial charge >= 0.3 is 0 Å². The lowest BCUT2D eigenvalue weighted by molar-refractivity contribution is -0.385. The maximum Gasteiger partial charge on any atom is 0.276 e. The number of carbonyl (C=O) groups excluding carboxylic acids is 1. The molecule has 0 unspecified atom stereocenters. The van der Waals surface area contributed by atoms with Gasteiger partial charge in [-0.2, -0.15) is 0 Å². The van der Waals surface area contributed by atoms with Gasteiger partial charge in [0.2, 0.25) is 0 Å². The first-order chi connectivity index (χ1) is 10.0. The fraction of sp³-hybridized carbons (Fsp3) is 0.0714. The van der Waals surface area contributed by atoms with E-state index in [4.69, 9.17) is 4.74 Å². The minimum Gasteiger partial charge on any atom is -0.483 e. The molecule has 0 atom stereocenters. The summed E-state index contributed by atoms with van der Waals surface area (Å²) in [4.78, 5) is 20.7. The molecule has 0 bridgehead atoms. The number of ether oxygens (including phenoxy) is 1. The number of para-hydroxylation sites is 1. The lowest BCUT2D eigenvalue weighted by Gasteiger charge is -2.09. The van der Waals surface area contributed by atoms with Crippen molar-refractivity contribution in [1.29, 1.82) is 0 Å². The molecule has 0 radical (unpaired) electrons. The van der Waals surface area contributed by atoms with Crippen molar-refractivity contribution in [2.24, 2.45) is 0 Å². The standard InChI is InChI=1S/C14H9F2NO4/c15-11-5-9(7-18)6-12(16)14(11)21-8-10-3-1-2-4-13(10)17(19)20/h1-7H,8H2. The zero-order valence-electron chi connectivity index (χ0n) is 10.6. The third-order valence-electron chi connectivity index (χ3n) is 2.72. The van der Waals surface area contributed by atoms with Crippen molar-refractivity contribution in [3.05, 3.63) is 69.3 Å². The maximum absolute atomic E-state index is 13.6. The second kappa shape index (κ2) is 6.08. The summed E-state index contributed by atoms with van der Waals surface area (Å²) in [6.07, 6.45) is 0.304. The van der Waals surface area contributed by atoms with Crippen LogP contribution in [0.3, 0.4) is 0 Å². The number of halogens is 2. The highest BCUT2D eigenvalue weighted by Crippen LogP contribution is 2.25. The van der Waals surface area contributed by atoms with E-state index < -0.39 is 22.3 Å². The van der Waals surface area contributed by atoms with Crippen molar-refractivity contribution < 1.29 is 23.2 Å². The van der Waals surface area contributed by atoms with E-state index in [1.807, 2.05) is 0 Å². The average Bonchev–Trinajstić information content (AvgIpc) is 2.46. The Morgan fingerprint density at radius 3 is 2.38 bits per heavy atom. The summed E-state index contributed by atoms with van der Waals surface area (Å²) in [5.41, 5.74) is -0.188. The van der Waals surface area contributed by atoms with E-state index in [0.29, 0.717) is 6.29 Å². The first kappa shape index (κ1) is 14.6. The Balaban J connectivity index is 2.25. The molecule has 0 heterocycles. The number of hydrogen-bond acceptors (Lipinski definition) is 4. The first-order valence-electron chi connectivity index (χ1n) is 5.82. The predicted octanol–water partition coefficient (Wildman–Crippen LogP) is 3.26. The molecule has 0 spiro atoms. The second-order valence-corrected chi connectivity index (χ2v) is 4.11. The lowest BCUT2D eigenvalue weighted by atomic mass is 10.2. The van der Waals surface area contributed by atoms with E-state index in [0.717, 1.165) is 12.1 Å². The smallest absolute Gasteiger partial charge is 0.276 e. The van der Waals surface area contributed by atoms with Crippen LogP contribution in [0.5, 0.6) is 5.75 Å². The first-order valence-corrected chi connectivity index (χ1v) is 5.82. The fourth-order valence-electron chi connectivity index (χ4n) is 1.75. The van der Waals surface area contributed by atoms with E-state index in [1.54, 1.807) is 6.07 Å². The Morgan fingerprint density at radius 2 is 1.81 bits per heavy atom. The van der Waals surface area contributed by atoms with Crippen LogP contribution >= 0.6 is 0 Å². The van der Waals surface area contributed by atoms with Crippen LogP contribution in [0.25, 0.3) is 0 Å². The molecule has 0 aliphatic heterocycles. The zero-order chi connectivity index (χ0) is 15.4.